The predicted molar refractivity (Wildman–Crippen MR) is 89.5 cm³/mol. The third-order valence-corrected chi connectivity index (χ3v) is 5.31. The summed E-state index contributed by atoms with van der Waals surface area (Å²) in [6.07, 6.45) is 5.06. The summed E-state index contributed by atoms with van der Waals surface area (Å²) in [5, 5.41) is 12.2. The number of amides is 1. The molecular formula is C15H20N4OS2. The van der Waals surface area contributed by atoms with E-state index in [-0.39, 0.29) is 18.5 Å². The molecule has 1 aliphatic carbocycles. The van der Waals surface area contributed by atoms with Gasteiger partial charge < -0.3 is 5.32 Å². The number of H-pyrrole nitrogens is 1. The van der Waals surface area contributed by atoms with Gasteiger partial charge >= 0.3 is 0 Å². The number of rotatable bonds is 5. The van der Waals surface area contributed by atoms with Gasteiger partial charge in [-0.25, -0.2) is 0 Å². The molecule has 0 fully saturated rings. The minimum atomic E-state index is -0.00102. The molecule has 1 amide bonds. The minimum absolute atomic E-state index is 0.00102. The van der Waals surface area contributed by atoms with Crippen molar-refractivity contribution in [1.29, 1.82) is 0 Å². The zero-order valence-electron chi connectivity index (χ0n) is 12.6. The summed E-state index contributed by atoms with van der Waals surface area (Å²) in [4.78, 5) is 13.8. The standard InChI is InChI=1S/C15H20N4OS2/c1-2-4-13-17-18-15(21)19(13)9-14(20)16-11-5-3-6-12-10(11)7-8-22-12/h7-8,11H,2-6,9H2,1H3,(H,16,20)(H,18,21)/t11-/m1/s1. The van der Waals surface area contributed by atoms with Gasteiger partial charge in [0.15, 0.2) is 4.77 Å². The molecule has 22 heavy (non-hydrogen) atoms. The van der Waals surface area contributed by atoms with Gasteiger partial charge in [0.2, 0.25) is 5.91 Å². The van der Waals surface area contributed by atoms with Crippen LogP contribution in [0.2, 0.25) is 0 Å². The highest BCUT2D eigenvalue weighted by Crippen LogP contribution is 2.33. The smallest absolute Gasteiger partial charge is 0.240 e. The third kappa shape index (κ3) is 3.15. The largest absolute Gasteiger partial charge is 0.348 e. The lowest BCUT2D eigenvalue weighted by molar-refractivity contribution is -0.122. The molecule has 7 heteroatoms. The first-order valence-electron chi connectivity index (χ1n) is 7.68. The first-order chi connectivity index (χ1) is 10.7. The number of nitrogens with zero attached hydrogens (tertiary/aromatic N) is 2. The molecule has 3 rings (SSSR count). The maximum absolute atomic E-state index is 12.4. The molecule has 0 aliphatic heterocycles. The van der Waals surface area contributed by atoms with E-state index in [0.717, 1.165) is 37.9 Å². The van der Waals surface area contributed by atoms with Crippen LogP contribution in [0, 0.1) is 4.77 Å². The second-order valence-corrected chi connectivity index (χ2v) is 6.98. The van der Waals surface area contributed by atoms with Crippen molar-refractivity contribution in [3.63, 3.8) is 0 Å². The van der Waals surface area contributed by atoms with Crippen LogP contribution in [0.5, 0.6) is 0 Å². The summed E-state index contributed by atoms with van der Waals surface area (Å²) in [6, 6.07) is 2.27. The van der Waals surface area contributed by atoms with Crippen LogP contribution in [0.3, 0.4) is 0 Å². The summed E-state index contributed by atoms with van der Waals surface area (Å²) in [5.74, 6) is 0.849. The maximum atomic E-state index is 12.4. The average molecular weight is 336 g/mol. The fourth-order valence-corrected chi connectivity index (χ4v) is 4.15. The van der Waals surface area contributed by atoms with E-state index in [1.165, 1.54) is 10.4 Å². The van der Waals surface area contributed by atoms with Crippen molar-refractivity contribution in [3.05, 3.63) is 32.5 Å². The lowest BCUT2D eigenvalue weighted by Crippen LogP contribution is -2.33. The first-order valence-corrected chi connectivity index (χ1v) is 8.97. The monoisotopic (exact) mass is 336 g/mol. The fourth-order valence-electron chi connectivity index (χ4n) is 2.95. The molecule has 0 unspecified atom stereocenters. The van der Waals surface area contributed by atoms with Crippen molar-refractivity contribution in [1.82, 2.24) is 20.1 Å². The second kappa shape index (κ2) is 6.75. The van der Waals surface area contributed by atoms with Crippen molar-refractivity contribution in [2.24, 2.45) is 0 Å². The van der Waals surface area contributed by atoms with E-state index in [2.05, 4.69) is 33.9 Å². The third-order valence-electron chi connectivity index (χ3n) is 4.00. The molecular weight excluding hydrogens is 316 g/mol. The van der Waals surface area contributed by atoms with Gasteiger partial charge in [-0.3, -0.25) is 14.5 Å². The molecule has 0 spiro atoms. The lowest BCUT2D eigenvalue weighted by atomic mass is 9.94. The van der Waals surface area contributed by atoms with Gasteiger partial charge in [0.25, 0.3) is 0 Å². The van der Waals surface area contributed by atoms with E-state index in [4.69, 9.17) is 12.2 Å². The zero-order chi connectivity index (χ0) is 15.5. The average Bonchev–Trinajstić information content (AvgIpc) is 3.10. The van der Waals surface area contributed by atoms with Crippen LogP contribution in [0.1, 0.15) is 48.5 Å². The van der Waals surface area contributed by atoms with Crippen molar-refractivity contribution in [2.45, 2.75) is 51.6 Å². The molecule has 2 aromatic heterocycles. The van der Waals surface area contributed by atoms with Crippen LogP contribution in [0.4, 0.5) is 0 Å². The van der Waals surface area contributed by atoms with Crippen molar-refractivity contribution >= 4 is 29.5 Å². The van der Waals surface area contributed by atoms with Gasteiger partial charge in [0.1, 0.15) is 12.4 Å². The number of thiophene rings is 1. The number of fused-ring (bicyclic) bond motifs is 1. The Bertz CT molecular complexity index is 715. The Balaban J connectivity index is 1.69. The van der Waals surface area contributed by atoms with Crippen molar-refractivity contribution in [2.75, 3.05) is 0 Å². The molecule has 2 aromatic rings. The highest BCUT2D eigenvalue weighted by Gasteiger charge is 2.23. The summed E-state index contributed by atoms with van der Waals surface area (Å²) >= 11 is 7.01. The number of aromatic nitrogens is 3. The molecule has 2 N–H and O–H groups in total. The van der Waals surface area contributed by atoms with E-state index >= 15 is 0 Å². The van der Waals surface area contributed by atoms with Crippen LogP contribution >= 0.6 is 23.6 Å². The fraction of sp³-hybridized carbons (Fsp3) is 0.533. The summed E-state index contributed by atoms with van der Waals surface area (Å²) < 4.78 is 2.31. The van der Waals surface area contributed by atoms with Crippen molar-refractivity contribution < 1.29 is 4.79 Å². The Kier molecular flexibility index (Phi) is 4.73. The van der Waals surface area contributed by atoms with Crippen LogP contribution in [-0.2, 0) is 24.2 Å². The Labute approximate surface area is 138 Å². The molecule has 0 saturated carbocycles. The van der Waals surface area contributed by atoms with Crippen LogP contribution in [0.25, 0.3) is 0 Å². The van der Waals surface area contributed by atoms with E-state index in [9.17, 15) is 4.79 Å². The number of carbonyl (C=O) groups excluding carboxylic acids is 1. The molecule has 0 radical (unpaired) electrons. The number of aromatic amines is 1. The molecule has 5 nitrogen and oxygen atoms in total. The predicted octanol–water partition coefficient (Wildman–Crippen LogP) is 3.15. The molecule has 118 valence electrons. The quantitative estimate of drug-likeness (QED) is 0.825. The SMILES string of the molecule is CCCc1n[nH]c(=S)n1CC(=O)N[C@@H]1CCCc2sccc21. The Morgan fingerprint density at radius 3 is 3.32 bits per heavy atom. The first kappa shape index (κ1) is 15.4. The van der Waals surface area contributed by atoms with Gasteiger partial charge in [-0.2, -0.15) is 5.10 Å². The minimum Gasteiger partial charge on any atom is -0.348 e. The van der Waals surface area contributed by atoms with Crippen LogP contribution in [0.15, 0.2) is 11.4 Å². The Hall–Kier alpha value is -1.47. The number of hydrogen-bond acceptors (Lipinski definition) is 4. The zero-order valence-corrected chi connectivity index (χ0v) is 14.2. The van der Waals surface area contributed by atoms with Crippen LogP contribution in [-0.4, -0.2) is 20.7 Å². The van der Waals surface area contributed by atoms with E-state index in [1.807, 2.05) is 0 Å². The second-order valence-electron chi connectivity index (χ2n) is 5.59. The number of hydrogen-bond donors (Lipinski definition) is 2. The normalized spacial score (nSPS) is 17.2. The van der Waals surface area contributed by atoms with Gasteiger partial charge in [0, 0.05) is 11.3 Å². The maximum Gasteiger partial charge on any atom is 0.240 e. The Morgan fingerprint density at radius 2 is 2.50 bits per heavy atom. The number of carbonyl (C=O) groups is 1. The van der Waals surface area contributed by atoms with E-state index < -0.39 is 0 Å². The Morgan fingerprint density at radius 1 is 1.64 bits per heavy atom. The number of aryl methyl sites for hydroxylation is 2. The van der Waals surface area contributed by atoms with Crippen molar-refractivity contribution in [3.8, 4) is 0 Å². The molecule has 1 atom stereocenters. The van der Waals surface area contributed by atoms with E-state index in [1.54, 1.807) is 15.9 Å². The molecule has 0 bridgehead atoms. The van der Waals surface area contributed by atoms with Gasteiger partial charge in [-0.05, 0) is 54.9 Å². The van der Waals surface area contributed by atoms with Gasteiger partial charge in [-0.15, -0.1) is 11.3 Å². The summed E-state index contributed by atoms with van der Waals surface area (Å²) in [6.45, 7) is 2.32. The summed E-state index contributed by atoms with van der Waals surface area (Å²) in [5.41, 5.74) is 1.29. The lowest BCUT2D eigenvalue weighted by Gasteiger charge is -2.23. The van der Waals surface area contributed by atoms with Gasteiger partial charge in [0.05, 0.1) is 6.04 Å². The highest BCUT2D eigenvalue weighted by molar-refractivity contribution is 7.71. The molecule has 0 aromatic carbocycles. The highest BCUT2D eigenvalue weighted by atomic mass is 32.1. The van der Waals surface area contributed by atoms with Gasteiger partial charge in [-0.1, -0.05) is 6.92 Å². The van der Waals surface area contributed by atoms with Crippen LogP contribution < -0.4 is 5.32 Å². The topological polar surface area (TPSA) is 62.7 Å². The molecule has 0 saturated heterocycles. The number of nitrogens with one attached hydrogen (secondary N) is 2. The summed E-state index contributed by atoms with van der Waals surface area (Å²) in [7, 11) is 0. The molecule has 2 heterocycles. The molecule has 1 aliphatic rings. The van der Waals surface area contributed by atoms with E-state index in [0.29, 0.717) is 4.77 Å².